The van der Waals surface area contributed by atoms with E-state index >= 15 is 0 Å². The Balaban J connectivity index is 1.90. The third-order valence-electron chi connectivity index (χ3n) is 4.02. The molecule has 1 fully saturated rings. The van der Waals surface area contributed by atoms with E-state index in [2.05, 4.69) is 9.88 Å². The number of aromatic nitrogens is 2. The maximum absolute atomic E-state index is 14.0. The molecule has 3 rings (SSSR count). The third-order valence-corrected chi connectivity index (χ3v) is 4.02. The Morgan fingerprint density at radius 3 is 2.79 bits per heavy atom. The predicted octanol–water partition coefficient (Wildman–Crippen LogP) is 1.87. The zero-order valence-electron chi connectivity index (χ0n) is 11.0. The Morgan fingerprint density at radius 2 is 2.11 bits per heavy atom. The van der Waals surface area contributed by atoms with Gasteiger partial charge in [0.15, 0.2) is 0 Å². The van der Waals surface area contributed by atoms with Crippen molar-refractivity contribution < 1.29 is 9.50 Å². The standard InChI is InChI=1S/C14H18FN3O/c1-17-10-16-13-11(17)3-2-4-12(13)18-7-5-14(15,9-19)6-8-18/h2-4,10,19H,5-9H2,1H3. The Labute approximate surface area is 111 Å². The highest BCUT2D eigenvalue weighted by Crippen LogP contribution is 2.32. The van der Waals surface area contributed by atoms with E-state index in [0.717, 1.165) is 16.7 Å². The molecule has 0 radical (unpaired) electrons. The van der Waals surface area contributed by atoms with Crippen molar-refractivity contribution in [3.63, 3.8) is 0 Å². The lowest BCUT2D eigenvalue weighted by Crippen LogP contribution is -2.43. The number of para-hydroxylation sites is 1. The summed E-state index contributed by atoms with van der Waals surface area (Å²) < 4.78 is 16.0. The number of aryl methyl sites for hydroxylation is 1. The first kappa shape index (κ1) is 12.4. The summed E-state index contributed by atoms with van der Waals surface area (Å²) in [5, 5.41) is 9.07. The molecule has 1 aliphatic heterocycles. The first-order valence-corrected chi connectivity index (χ1v) is 6.58. The molecule has 5 heteroatoms. The summed E-state index contributed by atoms with van der Waals surface area (Å²) in [6, 6.07) is 6.06. The van der Waals surface area contributed by atoms with Crippen LogP contribution in [0.1, 0.15) is 12.8 Å². The first-order chi connectivity index (χ1) is 9.13. The van der Waals surface area contributed by atoms with E-state index in [0.29, 0.717) is 25.9 Å². The maximum atomic E-state index is 14.0. The van der Waals surface area contributed by atoms with Crippen LogP contribution in [0.5, 0.6) is 0 Å². The van der Waals surface area contributed by atoms with Crippen LogP contribution in [-0.2, 0) is 7.05 Å². The van der Waals surface area contributed by atoms with Gasteiger partial charge in [-0.15, -0.1) is 0 Å². The molecule has 102 valence electrons. The third kappa shape index (κ3) is 2.08. The zero-order valence-corrected chi connectivity index (χ0v) is 11.0. The van der Waals surface area contributed by atoms with E-state index < -0.39 is 5.67 Å². The lowest BCUT2D eigenvalue weighted by Gasteiger charge is -2.36. The number of imidazole rings is 1. The molecule has 0 amide bonds. The van der Waals surface area contributed by atoms with E-state index in [1.807, 2.05) is 29.8 Å². The molecular formula is C14H18FN3O. The van der Waals surface area contributed by atoms with Crippen molar-refractivity contribution in [2.75, 3.05) is 24.6 Å². The van der Waals surface area contributed by atoms with Crippen LogP contribution in [0.15, 0.2) is 24.5 Å². The molecule has 1 aromatic carbocycles. The summed E-state index contributed by atoms with van der Waals surface area (Å²) in [6.07, 6.45) is 2.53. The largest absolute Gasteiger partial charge is 0.393 e. The molecule has 2 aromatic rings. The number of hydrogen-bond donors (Lipinski definition) is 1. The molecule has 0 unspecified atom stereocenters. The van der Waals surface area contributed by atoms with E-state index in [1.54, 1.807) is 6.33 Å². The van der Waals surface area contributed by atoms with Gasteiger partial charge in [0.05, 0.1) is 24.1 Å². The molecule has 1 aromatic heterocycles. The minimum Gasteiger partial charge on any atom is -0.393 e. The van der Waals surface area contributed by atoms with Crippen LogP contribution in [0.3, 0.4) is 0 Å². The smallest absolute Gasteiger partial charge is 0.137 e. The lowest BCUT2D eigenvalue weighted by molar-refractivity contribution is 0.0482. The highest BCUT2D eigenvalue weighted by molar-refractivity contribution is 5.89. The van der Waals surface area contributed by atoms with Gasteiger partial charge in [0.1, 0.15) is 11.2 Å². The summed E-state index contributed by atoms with van der Waals surface area (Å²) in [5.74, 6) is 0. The topological polar surface area (TPSA) is 41.3 Å². The number of alkyl halides is 1. The minimum absolute atomic E-state index is 0.368. The van der Waals surface area contributed by atoms with Crippen molar-refractivity contribution in [2.24, 2.45) is 7.05 Å². The summed E-state index contributed by atoms with van der Waals surface area (Å²) in [4.78, 5) is 6.58. The predicted molar refractivity (Wildman–Crippen MR) is 73.1 cm³/mol. The fourth-order valence-electron chi connectivity index (χ4n) is 2.70. The van der Waals surface area contributed by atoms with Gasteiger partial charge in [-0.05, 0) is 12.1 Å². The van der Waals surface area contributed by atoms with Gasteiger partial charge in [-0.2, -0.15) is 0 Å². The van der Waals surface area contributed by atoms with Crippen LogP contribution in [0.25, 0.3) is 11.0 Å². The van der Waals surface area contributed by atoms with Gasteiger partial charge < -0.3 is 14.6 Å². The molecule has 0 spiro atoms. The van der Waals surface area contributed by atoms with E-state index in [4.69, 9.17) is 5.11 Å². The van der Waals surface area contributed by atoms with Gasteiger partial charge >= 0.3 is 0 Å². The van der Waals surface area contributed by atoms with Crippen molar-refractivity contribution in [1.29, 1.82) is 0 Å². The van der Waals surface area contributed by atoms with Crippen LogP contribution in [0.2, 0.25) is 0 Å². The zero-order chi connectivity index (χ0) is 13.5. The Bertz CT molecular complexity index is 587. The Kier molecular flexibility index (Phi) is 2.93. The average Bonchev–Trinajstić information content (AvgIpc) is 2.82. The molecule has 0 saturated carbocycles. The molecular weight excluding hydrogens is 245 g/mol. The Hall–Kier alpha value is -1.62. The van der Waals surface area contributed by atoms with Crippen molar-refractivity contribution in [1.82, 2.24) is 9.55 Å². The number of nitrogens with zero attached hydrogens (tertiary/aromatic N) is 3. The summed E-state index contributed by atoms with van der Waals surface area (Å²) >= 11 is 0. The maximum Gasteiger partial charge on any atom is 0.137 e. The van der Waals surface area contributed by atoms with Crippen molar-refractivity contribution in [3.05, 3.63) is 24.5 Å². The summed E-state index contributed by atoms with van der Waals surface area (Å²) in [7, 11) is 1.97. The van der Waals surface area contributed by atoms with Crippen molar-refractivity contribution >= 4 is 16.7 Å². The second-order valence-electron chi connectivity index (χ2n) is 5.30. The molecule has 19 heavy (non-hydrogen) atoms. The number of aliphatic hydroxyl groups is 1. The SMILES string of the molecule is Cn1cnc2c(N3CCC(F)(CO)CC3)cccc21. The quantitative estimate of drug-likeness (QED) is 0.899. The van der Waals surface area contributed by atoms with Crippen molar-refractivity contribution in [2.45, 2.75) is 18.5 Å². The van der Waals surface area contributed by atoms with Crippen LogP contribution < -0.4 is 4.90 Å². The lowest BCUT2D eigenvalue weighted by atomic mass is 9.94. The monoisotopic (exact) mass is 263 g/mol. The molecule has 0 bridgehead atoms. The number of fused-ring (bicyclic) bond motifs is 1. The number of anilines is 1. The molecule has 1 N–H and O–H groups in total. The average molecular weight is 263 g/mol. The number of halogens is 1. The number of aliphatic hydroxyl groups excluding tert-OH is 1. The van der Waals surface area contributed by atoms with Crippen LogP contribution in [0, 0.1) is 0 Å². The number of benzene rings is 1. The first-order valence-electron chi connectivity index (χ1n) is 6.58. The van der Waals surface area contributed by atoms with E-state index in [9.17, 15) is 4.39 Å². The molecule has 0 atom stereocenters. The number of rotatable bonds is 2. The van der Waals surface area contributed by atoms with Gasteiger partial charge in [-0.25, -0.2) is 9.37 Å². The van der Waals surface area contributed by atoms with Gasteiger partial charge in [0.2, 0.25) is 0 Å². The fraction of sp³-hybridized carbons (Fsp3) is 0.500. The molecule has 2 heterocycles. The fourth-order valence-corrected chi connectivity index (χ4v) is 2.70. The normalized spacial score (nSPS) is 19.0. The molecule has 0 aliphatic carbocycles. The van der Waals surface area contributed by atoms with E-state index in [1.165, 1.54) is 0 Å². The Morgan fingerprint density at radius 1 is 1.37 bits per heavy atom. The molecule has 4 nitrogen and oxygen atoms in total. The van der Waals surface area contributed by atoms with Gasteiger partial charge in [0, 0.05) is 33.0 Å². The highest BCUT2D eigenvalue weighted by atomic mass is 19.1. The second kappa shape index (κ2) is 4.49. The van der Waals surface area contributed by atoms with Crippen molar-refractivity contribution in [3.8, 4) is 0 Å². The van der Waals surface area contributed by atoms with E-state index in [-0.39, 0.29) is 6.61 Å². The van der Waals surface area contributed by atoms with Gasteiger partial charge in [-0.1, -0.05) is 6.07 Å². The van der Waals surface area contributed by atoms with Crippen LogP contribution in [0.4, 0.5) is 10.1 Å². The number of piperidine rings is 1. The van der Waals surface area contributed by atoms with Gasteiger partial charge in [0.25, 0.3) is 0 Å². The summed E-state index contributed by atoms with van der Waals surface area (Å²) in [6.45, 7) is 0.855. The van der Waals surface area contributed by atoms with Crippen LogP contribution in [-0.4, -0.2) is 40.0 Å². The van der Waals surface area contributed by atoms with Gasteiger partial charge in [-0.3, -0.25) is 0 Å². The molecule has 1 saturated heterocycles. The highest BCUT2D eigenvalue weighted by Gasteiger charge is 2.34. The van der Waals surface area contributed by atoms with Crippen LogP contribution >= 0.6 is 0 Å². The molecule has 1 aliphatic rings. The summed E-state index contributed by atoms with van der Waals surface area (Å²) in [5.41, 5.74) is 1.68. The minimum atomic E-state index is -1.41. The number of hydrogen-bond acceptors (Lipinski definition) is 3. The second-order valence-corrected chi connectivity index (χ2v) is 5.30.